The average molecular weight is 478 g/mol. The van der Waals surface area contributed by atoms with Crippen LogP contribution >= 0.6 is 0 Å². The van der Waals surface area contributed by atoms with Crippen LogP contribution in [0.15, 0.2) is 30.3 Å². The molecule has 11 nitrogen and oxygen atoms in total. The van der Waals surface area contributed by atoms with Gasteiger partial charge in [0.2, 0.25) is 23.6 Å². The second-order valence-corrected chi connectivity index (χ2v) is 8.30. The lowest BCUT2D eigenvalue weighted by molar-refractivity contribution is -0.142. The average Bonchev–Trinajstić information content (AvgIpc) is 2.80. The lowest BCUT2D eigenvalue weighted by Crippen LogP contribution is -2.57. The normalized spacial score (nSPS) is 15.2. The van der Waals surface area contributed by atoms with Crippen LogP contribution in [0.4, 0.5) is 0 Å². The summed E-state index contributed by atoms with van der Waals surface area (Å²) in [5, 5.41) is 16.9. The van der Waals surface area contributed by atoms with E-state index < -0.39 is 53.8 Å². The zero-order chi connectivity index (χ0) is 25.8. The Bertz CT molecular complexity index is 863. The molecule has 0 heterocycles. The molecule has 188 valence electrons. The van der Waals surface area contributed by atoms with E-state index in [-0.39, 0.29) is 25.2 Å². The predicted molar refractivity (Wildman–Crippen MR) is 125 cm³/mol. The number of rotatable bonds is 14. The van der Waals surface area contributed by atoms with Gasteiger partial charge in [0.25, 0.3) is 0 Å². The quantitative estimate of drug-likeness (QED) is 0.206. The van der Waals surface area contributed by atoms with Crippen LogP contribution in [0.5, 0.6) is 0 Å². The molecule has 0 radical (unpaired) electrons. The number of nitrogens with one attached hydrogen (secondary N) is 3. The molecule has 5 atom stereocenters. The molecule has 0 spiro atoms. The summed E-state index contributed by atoms with van der Waals surface area (Å²) in [5.41, 5.74) is 11.8. The summed E-state index contributed by atoms with van der Waals surface area (Å²) < 4.78 is 0. The molecule has 8 N–H and O–H groups in total. The minimum Gasteiger partial charge on any atom is -0.480 e. The number of amides is 4. The number of hydrogen-bond acceptors (Lipinski definition) is 6. The van der Waals surface area contributed by atoms with Gasteiger partial charge in [0, 0.05) is 12.8 Å². The van der Waals surface area contributed by atoms with Gasteiger partial charge < -0.3 is 32.5 Å². The topological polar surface area (TPSA) is 194 Å². The summed E-state index contributed by atoms with van der Waals surface area (Å²) in [6.45, 7) is 5.13. The summed E-state index contributed by atoms with van der Waals surface area (Å²) in [6, 6.07) is 4.40. The third kappa shape index (κ3) is 9.57. The Morgan fingerprint density at radius 1 is 0.912 bits per heavy atom. The fourth-order valence-electron chi connectivity index (χ4n) is 3.06. The third-order valence-electron chi connectivity index (χ3n) is 5.52. The minimum atomic E-state index is -1.26. The molecular weight excluding hydrogens is 442 g/mol. The lowest BCUT2D eigenvalue weighted by Gasteiger charge is -2.24. The van der Waals surface area contributed by atoms with Gasteiger partial charge in [0.15, 0.2) is 0 Å². The number of carbonyl (C=O) groups is 5. The molecule has 1 rings (SSSR count). The largest absolute Gasteiger partial charge is 0.480 e. The highest BCUT2D eigenvalue weighted by molar-refractivity contribution is 5.94. The number of nitrogens with two attached hydrogens (primary N) is 2. The van der Waals surface area contributed by atoms with Gasteiger partial charge in [-0.3, -0.25) is 19.2 Å². The van der Waals surface area contributed by atoms with E-state index in [1.165, 1.54) is 6.92 Å². The van der Waals surface area contributed by atoms with Crippen LogP contribution in [0, 0.1) is 5.92 Å². The van der Waals surface area contributed by atoms with Crippen molar-refractivity contribution in [2.24, 2.45) is 17.4 Å². The summed E-state index contributed by atoms with van der Waals surface area (Å²) in [5.74, 6) is -4.02. The van der Waals surface area contributed by atoms with E-state index in [2.05, 4.69) is 16.0 Å². The predicted octanol–water partition coefficient (Wildman–Crippen LogP) is -0.573. The Balaban J connectivity index is 2.87. The first-order valence-corrected chi connectivity index (χ1v) is 11.2. The number of primary amides is 1. The molecule has 0 fully saturated rings. The summed E-state index contributed by atoms with van der Waals surface area (Å²) >= 11 is 0. The fraction of sp³-hybridized carbons (Fsp3) is 0.522. The summed E-state index contributed by atoms with van der Waals surface area (Å²) in [7, 11) is 0. The van der Waals surface area contributed by atoms with Crippen LogP contribution in [0.25, 0.3) is 0 Å². The van der Waals surface area contributed by atoms with Crippen molar-refractivity contribution in [1.82, 2.24) is 16.0 Å². The van der Waals surface area contributed by atoms with Gasteiger partial charge in [-0.25, -0.2) is 4.79 Å². The molecule has 0 bridgehead atoms. The van der Waals surface area contributed by atoms with E-state index in [0.717, 1.165) is 0 Å². The third-order valence-corrected chi connectivity index (χ3v) is 5.52. The van der Waals surface area contributed by atoms with Crippen molar-refractivity contribution in [1.29, 1.82) is 0 Å². The van der Waals surface area contributed by atoms with Crippen molar-refractivity contribution >= 4 is 29.6 Å². The Kier molecular flexibility index (Phi) is 11.7. The van der Waals surface area contributed by atoms with Crippen LogP contribution in [0.3, 0.4) is 0 Å². The van der Waals surface area contributed by atoms with Gasteiger partial charge in [-0.15, -0.1) is 0 Å². The minimum absolute atomic E-state index is 0.0262. The molecule has 0 aliphatic rings. The van der Waals surface area contributed by atoms with Gasteiger partial charge in [0.05, 0.1) is 6.04 Å². The van der Waals surface area contributed by atoms with Gasteiger partial charge >= 0.3 is 5.97 Å². The number of carboxylic acids is 1. The first-order chi connectivity index (χ1) is 16.0. The van der Waals surface area contributed by atoms with Crippen LogP contribution in [-0.2, 0) is 30.4 Å². The highest BCUT2D eigenvalue weighted by atomic mass is 16.4. The Morgan fingerprint density at radius 3 is 2.03 bits per heavy atom. The first-order valence-electron chi connectivity index (χ1n) is 11.2. The van der Waals surface area contributed by atoms with Crippen molar-refractivity contribution in [3.8, 4) is 0 Å². The number of carbonyl (C=O) groups excluding carboxylic acids is 4. The van der Waals surface area contributed by atoms with Crippen LogP contribution in [-0.4, -0.2) is 58.9 Å². The van der Waals surface area contributed by atoms with Crippen molar-refractivity contribution in [3.63, 3.8) is 0 Å². The zero-order valence-electron chi connectivity index (χ0n) is 19.7. The summed E-state index contributed by atoms with van der Waals surface area (Å²) in [4.78, 5) is 60.7. The van der Waals surface area contributed by atoms with E-state index >= 15 is 0 Å². The van der Waals surface area contributed by atoms with E-state index in [9.17, 15) is 29.1 Å². The smallest absolute Gasteiger partial charge is 0.326 e. The molecule has 4 amide bonds. The fourth-order valence-corrected chi connectivity index (χ4v) is 3.06. The zero-order valence-corrected chi connectivity index (χ0v) is 19.7. The highest BCUT2D eigenvalue weighted by Crippen LogP contribution is 2.07. The van der Waals surface area contributed by atoms with Crippen LogP contribution in [0.2, 0.25) is 0 Å². The molecule has 1 aromatic carbocycles. The Labute approximate surface area is 199 Å². The van der Waals surface area contributed by atoms with Crippen molar-refractivity contribution in [2.75, 3.05) is 0 Å². The van der Waals surface area contributed by atoms with Crippen molar-refractivity contribution < 1.29 is 29.1 Å². The van der Waals surface area contributed by atoms with E-state index in [4.69, 9.17) is 11.5 Å². The van der Waals surface area contributed by atoms with Crippen LogP contribution in [0.1, 0.15) is 45.6 Å². The Morgan fingerprint density at radius 2 is 1.50 bits per heavy atom. The molecule has 1 aromatic rings. The maximum absolute atomic E-state index is 12.8. The van der Waals surface area contributed by atoms with E-state index in [0.29, 0.717) is 12.0 Å². The van der Waals surface area contributed by atoms with E-state index in [1.807, 2.05) is 13.8 Å². The SMILES string of the molecule is CCC(C)C(N)C(=O)NC(C)C(=O)NC(CCC(N)=O)C(=O)NC(Cc1ccccc1)C(=O)O. The number of benzene rings is 1. The maximum atomic E-state index is 12.8. The molecule has 0 aliphatic carbocycles. The van der Waals surface area contributed by atoms with Gasteiger partial charge in [-0.1, -0.05) is 50.6 Å². The molecule has 11 heteroatoms. The van der Waals surface area contributed by atoms with E-state index in [1.54, 1.807) is 30.3 Å². The molecule has 0 saturated carbocycles. The molecule has 0 saturated heterocycles. The second-order valence-electron chi connectivity index (χ2n) is 8.30. The maximum Gasteiger partial charge on any atom is 0.326 e. The van der Waals surface area contributed by atoms with Gasteiger partial charge in [-0.2, -0.15) is 0 Å². The molecule has 0 aromatic heterocycles. The van der Waals surface area contributed by atoms with Gasteiger partial charge in [0.1, 0.15) is 18.1 Å². The number of aliphatic carboxylic acids is 1. The molecule has 5 unspecified atom stereocenters. The second kappa shape index (κ2) is 13.9. The lowest BCUT2D eigenvalue weighted by atomic mass is 9.99. The molecule has 34 heavy (non-hydrogen) atoms. The number of hydrogen-bond donors (Lipinski definition) is 6. The Hall–Kier alpha value is -3.47. The standard InChI is InChI=1S/C23H35N5O6/c1-4-13(2)19(25)22(32)26-14(3)20(30)27-16(10-11-18(24)29)21(31)28-17(23(33)34)12-15-8-6-5-7-9-15/h5-9,13-14,16-17,19H,4,10-12,25H2,1-3H3,(H2,24,29)(H,26,32)(H,27,30)(H,28,31)(H,33,34). The monoisotopic (exact) mass is 477 g/mol. The summed E-state index contributed by atoms with van der Waals surface area (Å²) in [6.07, 6.45) is 0.350. The van der Waals surface area contributed by atoms with Crippen molar-refractivity contribution in [2.45, 2.75) is 70.6 Å². The van der Waals surface area contributed by atoms with Crippen LogP contribution < -0.4 is 27.4 Å². The first kappa shape index (κ1) is 28.6. The highest BCUT2D eigenvalue weighted by Gasteiger charge is 2.29. The van der Waals surface area contributed by atoms with Gasteiger partial charge in [-0.05, 0) is 24.8 Å². The molecular formula is C23H35N5O6. The molecule has 0 aliphatic heterocycles. The van der Waals surface area contributed by atoms with Crippen molar-refractivity contribution in [3.05, 3.63) is 35.9 Å². The number of carboxylic acid groups (broad SMARTS) is 1.